The molecule has 2 heterocycles. The van der Waals surface area contributed by atoms with E-state index in [2.05, 4.69) is 19.3 Å². The van der Waals surface area contributed by atoms with E-state index >= 15 is 0 Å². The van der Waals surface area contributed by atoms with E-state index in [1.807, 2.05) is 0 Å². The number of esters is 1. The number of hydrogen-bond acceptors (Lipinski definition) is 7. The highest BCUT2D eigenvalue weighted by molar-refractivity contribution is 7.88. The number of carbonyl (C=O) groups is 1. The highest BCUT2D eigenvalue weighted by Gasteiger charge is 2.32. The minimum absolute atomic E-state index is 0.0688. The first kappa shape index (κ1) is 14.7. The van der Waals surface area contributed by atoms with Gasteiger partial charge in [-0.15, -0.1) is 4.40 Å². The van der Waals surface area contributed by atoms with Crippen LogP contribution >= 0.6 is 0 Å². The molecule has 0 N–H and O–H groups in total. The zero-order valence-corrected chi connectivity index (χ0v) is 12.8. The van der Waals surface area contributed by atoms with E-state index < -0.39 is 16.2 Å². The average Bonchev–Trinajstić information content (AvgIpc) is 3.20. The van der Waals surface area contributed by atoms with Gasteiger partial charge in [0.15, 0.2) is 5.82 Å². The van der Waals surface area contributed by atoms with Crippen LogP contribution in [-0.4, -0.2) is 41.7 Å². The second kappa shape index (κ2) is 5.20. The number of ether oxygens (including phenoxy) is 1. The van der Waals surface area contributed by atoms with Gasteiger partial charge in [-0.1, -0.05) is 5.16 Å². The standard InChI is InChI=1S/C12H14N4O5S/c1-7-9(12(17)20-2)5-16(22(18,19)15-7)6-10-13-11(14-21-10)8-3-4-8/h5,8H,3-4,6H2,1-2H3. The topological polar surface area (TPSA) is 115 Å². The van der Waals surface area contributed by atoms with Gasteiger partial charge >= 0.3 is 16.2 Å². The molecule has 1 aromatic heterocycles. The largest absolute Gasteiger partial charge is 0.465 e. The van der Waals surface area contributed by atoms with Gasteiger partial charge in [-0.05, 0) is 19.8 Å². The van der Waals surface area contributed by atoms with Crippen molar-refractivity contribution in [3.63, 3.8) is 0 Å². The van der Waals surface area contributed by atoms with Crippen LogP contribution in [0.15, 0.2) is 20.7 Å². The first-order valence-corrected chi connectivity index (χ1v) is 8.01. The Balaban J connectivity index is 1.86. The summed E-state index contributed by atoms with van der Waals surface area (Å²) in [5.41, 5.74) is 0.145. The number of hydrogen-bond donors (Lipinski definition) is 0. The predicted molar refractivity (Wildman–Crippen MR) is 73.9 cm³/mol. The molecule has 0 saturated heterocycles. The van der Waals surface area contributed by atoms with Crippen LogP contribution in [-0.2, 0) is 26.3 Å². The Labute approximate surface area is 126 Å². The Morgan fingerprint density at radius 3 is 2.86 bits per heavy atom. The highest BCUT2D eigenvalue weighted by Crippen LogP contribution is 2.38. The maximum Gasteiger partial charge on any atom is 0.344 e. The molecule has 0 unspecified atom stereocenters. The van der Waals surface area contributed by atoms with Gasteiger partial charge in [0.05, 0.1) is 18.4 Å². The van der Waals surface area contributed by atoms with E-state index in [1.54, 1.807) is 0 Å². The number of rotatable bonds is 4. The fraction of sp³-hybridized carbons (Fsp3) is 0.500. The van der Waals surface area contributed by atoms with Crippen LogP contribution in [0.25, 0.3) is 0 Å². The minimum Gasteiger partial charge on any atom is -0.465 e. The van der Waals surface area contributed by atoms with Crippen molar-refractivity contribution in [3.05, 3.63) is 23.5 Å². The normalized spacial score (nSPS) is 20.4. The molecule has 118 valence electrons. The van der Waals surface area contributed by atoms with Gasteiger partial charge < -0.3 is 9.26 Å². The van der Waals surface area contributed by atoms with Crippen LogP contribution in [0.4, 0.5) is 0 Å². The smallest absolute Gasteiger partial charge is 0.344 e. The molecule has 10 heteroatoms. The monoisotopic (exact) mass is 326 g/mol. The van der Waals surface area contributed by atoms with Crippen molar-refractivity contribution in [2.45, 2.75) is 32.2 Å². The first-order chi connectivity index (χ1) is 10.4. The zero-order chi connectivity index (χ0) is 15.9. The maximum atomic E-state index is 12.1. The molecule has 0 bridgehead atoms. The van der Waals surface area contributed by atoms with Crippen LogP contribution in [0.1, 0.15) is 37.4 Å². The molecule has 22 heavy (non-hydrogen) atoms. The summed E-state index contributed by atoms with van der Waals surface area (Å²) in [4.78, 5) is 15.8. The molecule has 0 spiro atoms. The summed E-state index contributed by atoms with van der Waals surface area (Å²) in [6, 6.07) is 0. The Morgan fingerprint density at radius 2 is 2.23 bits per heavy atom. The lowest BCUT2D eigenvalue weighted by Crippen LogP contribution is -2.31. The first-order valence-electron chi connectivity index (χ1n) is 6.62. The van der Waals surface area contributed by atoms with Crippen LogP contribution in [0.2, 0.25) is 0 Å². The van der Waals surface area contributed by atoms with Gasteiger partial charge in [-0.3, -0.25) is 0 Å². The molecule has 2 aliphatic rings. The van der Waals surface area contributed by atoms with Gasteiger partial charge in [0, 0.05) is 12.1 Å². The van der Waals surface area contributed by atoms with Crippen molar-refractivity contribution in [1.29, 1.82) is 0 Å². The van der Waals surface area contributed by atoms with Crippen molar-refractivity contribution in [2.75, 3.05) is 7.11 Å². The van der Waals surface area contributed by atoms with Gasteiger partial charge in [0.2, 0.25) is 5.89 Å². The quantitative estimate of drug-likeness (QED) is 0.741. The van der Waals surface area contributed by atoms with Crippen molar-refractivity contribution >= 4 is 21.9 Å². The molecule has 1 aliphatic heterocycles. The summed E-state index contributed by atoms with van der Waals surface area (Å²) < 4.78 is 38.2. The molecule has 9 nitrogen and oxygen atoms in total. The molecule has 0 radical (unpaired) electrons. The van der Waals surface area contributed by atoms with Crippen LogP contribution in [0, 0.1) is 0 Å². The van der Waals surface area contributed by atoms with E-state index in [0.717, 1.165) is 17.1 Å². The van der Waals surface area contributed by atoms with E-state index in [-0.39, 0.29) is 23.7 Å². The summed E-state index contributed by atoms with van der Waals surface area (Å²) in [5, 5.41) is 3.82. The van der Waals surface area contributed by atoms with Crippen LogP contribution in [0.3, 0.4) is 0 Å². The third-order valence-electron chi connectivity index (χ3n) is 3.33. The van der Waals surface area contributed by atoms with Crippen molar-refractivity contribution in [1.82, 2.24) is 14.4 Å². The maximum absolute atomic E-state index is 12.1. The van der Waals surface area contributed by atoms with E-state index in [1.165, 1.54) is 20.2 Å². The van der Waals surface area contributed by atoms with Gasteiger partial charge in [0.1, 0.15) is 6.54 Å². The van der Waals surface area contributed by atoms with Crippen molar-refractivity contribution in [3.8, 4) is 0 Å². The van der Waals surface area contributed by atoms with Gasteiger partial charge in [0.25, 0.3) is 0 Å². The van der Waals surface area contributed by atoms with E-state index in [0.29, 0.717) is 11.7 Å². The molecule has 1 saturated carbocycles. The van der Waals surface area contributed by atoms with Crippen molar-refractivity contribution in [2.24, 2.45) is 4.40 Å². The lowest BCUT2D eigenvalue weighted by atomic mass is 10.2. The van der Waals surface area contributed by atoms with Gasteiger partial charge in [-0.2, -0.15) is 13.4 Å². The molecular formula is C12H14N4O5S. The Morgan fingerprint density at radius 1 is 1.50 bits per heavy atom. The summed E-state index contributed by atoms with van der Waals surface area (Å²) >= 11 is 0. The fourth-order valence-corrected chi connectivity index (χ4v) is 3.05. The number of aromatic nitrogens is 2. The lowest BCUT2D eigenvalue weighted by Gasteiger charge is -2.21. The molecule has 1 aromatic rings. The third-order valence-corrected chi connectivity index (χ3v) is 4.67. The summed E-state index contributed by atoms with van der Waals surface area (Å²) in [6.07, 6.45) is 3.19. The molecule has 0 amide bonds. The summed E-state index contributed by atoms with van der Waals surface area (Å²) in [5.74, 6) is 0.379. The number of carbonyl (C=O) groups excluding carboxylic acids is 1. The SMILES string of the molecule is COC(=O)C1=CN(Cc2nc(C3CC3)no2)S(=O)(=O)N=C1C. The Bertz CT molecular complexity index is 775. The Hall–Kier alpha value is -2.23. The molecule has 3 rings (SSSR count). The fourth-order valence-electron chi connectivity index (χ4n) is 1.99. The second-order valence-corrected chi connectivity index (χ2v) is 6.60. The number of nitrogens with zero attached hydrogens (tertiary/aromatic N) is 4. The molecule has 1 aliphatic carbocycles. The number of methoxy groups -OCH3 is 1. The molecule has 0 atom stereocenters. The third kappa shape index (κ3) is 2.73. The summed E-state index contributed by atoms with van der Waals surface area (Å²) in [7, 11) is -2.72. The second-order valence-electron chi connectivity index (χ2n) is 5.05. The summed E-state index contributed by atoms with van der Waals surface area (Å²) in [6.45, 7) is 1.24. The zero-order valence-electron chi connectivity index (χ0n) is 12.0. The Kier molecular flexibility index (Phi) is 3.47. The molecule has 0 aromatic carbocycles. The molecule has 1 fully saturated rings. The van der Waals surface area contributed by atoms with E-state index in [4.69, 9.17) is 4.52 Å². The minimum atomic E-state index is -3.93. The highest BCUT2D eigenvalue weighted by atomic mass is 32.2. The molecular weight excluding hydrogens is 312 g/mol. The van der Waals surface area contributed by atoms with E-state index in [9.17, 15) is 13.2 Å². The lowest BCUT2D eigenvalue weighted by molar-refractivity contribution is -0.135. The predicted octanol–water partition coefficient (Wildman–Crippen LogP) is 0.525. The average molecular weight is 326 g/mol. The van der Waals surface area contributed by atoms with Gasteiger partial charge in [-0.25, -0.2) is 9.10 Å². The van der Waals surface area contributed by atoms with Crippen LogP contribution in [0.5, 0.6) is 0 Å². The van der Waals surface area contributed by atoms with Crippen molar-refractivity contribution < 1.29 is 22.5 Å². The van der Waals surface area contributed by atoms with Crippen LogP contribution < -0.4 is 0 Å².